The maximum atomic E-state index is 12.7. The van der Waals surface area contributed by atoms with E-state index in [4.69, 9.17) is 0 Å². The maximum absolute atomic E-state index is 12.7. The third-order valence-corrected chi connectivity index (χ3v) is 4.90. The minimum Gasteiger partial charge on any atom is -0.325 e. The molecule has 0 aliphatic rings. The first-order valence-corrected chi connectivity index (χ1v) is 9.31. The highest BCUT2D eigenvalue weighted by molar-refractivity contribution is 8.01. The molecular formula is C15H15F3N4O2S2. The van der Waals surface area contributed by atoms with Gasteiger partial charge in [0, 0.05) is 12.1 Å². The fraction of sp³-hybridized carbons (Fsp3) is 0.333. The molecule has 2 amide bonds. The molecule has 0 aliphatic carbocycles. The predicted octanol–water partition coefficient (Wildman–Crippen LogP) is 4.03. The van der Waals surface area contributed by atoms with Crippen molar-refractivity contribution in [1.29, 1.82) is 0 Å². The number of anilines is 2. The second kappa shape index (κ2) is 8.99. The number of thioether (sulfide) groups is 1. The minimum absolute atomic E-state index is 0.0478. The molecular weight excluding hydrogens is 389 g/mol. The van der Waals surface area contributed by atoms with Crippen molar-refractivity contribution in [2.75, 3.05) is 16.4 Å². The van der Waals surface area contributed by atoms with Crippen LogP contribution in [0.25, 0.3) is 0 Å². The Balaban J connectivity index is 1.86. The van der Waals surface area contributed by atoms with E-state index in [0.29, 0.717) is 22.3 Å². The molecule has 0 spiro atoms. The second-order valence-corrected chi connectivity index (χ2v) is 7.29. The van der Waals surface area contributed by atoms with Gasteiger partial charge in [-0.25, -0.2) is 0 Å². The van der Waals surface area contributed by atoms with Crippen LogP contribution in [0, 0.1) is 0 Å². The number of nitrogens with one attached hydrogen (secondary N) is 2. The van der Waals surface area contributed by atoms with Crippen molar-refractivity contribution in [3.05, 3.63) is 29.8 Å². The molecule has 1 aromatic heterocycles. The number of hydrogen-bond donors (Lipinski definition) is 2. The van der Waals surface area contributed by atoms with Crippen molar-refractivity contribution in [2.45, 2.75) is 30.3 Å². The van der Waals surface area contributed by atoms with E-state index >= 15 is 0 Å². The first-order valence-electron chi connectivity index (χ1n) is 7.51. The molecule has 0 atom stereocenters. The lowest BCUT2D eigenvalue weighted by Crippen LogP contribution is -2.15. The molecule has 0 saturated carbocycles. The number of nitrogens with zero attached hydrogens (tertiary/aromatic N) is 2. The molecule has 2 rings (SSSR count). The summed E-state index contributed by atoms with van der Waals surface area (Å²) in [7, 11) is 0. The molecule has 2 N–H and O–H groups in total. The molecule has 0 aliphatic heterocycles. The Hall–Kier alpha value is -2.14. The molecule has 2 aromatic rings. The highest BCUT2D eigenvalue weighted by atomic mass is 32.2. The molecule has 0 bridgehead atoms. The van der Waals surface area contributed by atoms with Gasteiger partial charge in [-0.2, -0.15) is 13.2 Å². The molecule has 0 saturated heterocycles. The van der Waals surface area contributed by atoms with Gasteiger partial charge in [0.1, 0.15) is 0 Å². The maximum Gasteiger partial charge on any atom is 0.416 e. The number of alkyl halides is 3. The molecule has 140 valence electrons. The Morgan fingerprint density at radius 1 is 1.19 bits per heavy atom. The Morgan fingerprint density at radius 3 is 2.65 bits per heavy atom. The standard InChI is InChI=1S/C15H15F3N4O2S2/c1-2-4-11(23)20-13-21-22-14(26-13)25-8-12(24)19-10-6-3-5-9(7-10)15(16,17)18/h3,5-7H,2,4,8H2,1H3,(H,19,24)(H,20,21,23). The number of carbonyl (C=O) groups is 2. The van der Waals surface area contributed by atoms with Gasteiger partial charge in [-0.3, -0.25) is 9.59 Å². The number of carbonyl (C=O) groups excluding carboxylic acids is 2. The van der Waals surface area contributed by atoms with Gasteiger partial charge in [-0.05, 0) is 24.6 Å². The summed E-state index contributed by atoms with van der Waals surface area (Å²) in [5.41, 5.74) is -0.769. The van der Waals surface area contributed by atoms with Crippen LogP contribution in [0.1, 0.15) is 25.3 Å². The smallest absolute Gasteiger partial charge is 0.325 e. The van der Waals surface area contributed by atoms with Crippen LogP contribution in [0.15, 0.2) is 28.6 Å². The van der Waals surface area contributed by atoms with E-state index in [0.717, 1.165) is 35.2 Å². The van der Waals surface area contributed by atoms with E-state index in [1.807, 2.05) is 6.92 Å². The van der Waals surface area contributed by atoms with Crippen molar-refractivity contribution >= 4 is 45.7 Å². The third-order valence-electron chi connectivity index (χ3n) is 2.93. The third kappa shape index (κ3) is 6.30. The summed E-state index contributed by atoms with van der Waals surface area (Å²) in [6.45, 7) is 1.88. The van der Waals surface area contributed by atoms with E-state index in [1.165, 1.54) is 12.1 Å². The van der Waals surface area contributed by atoms with E-state index < -0.39 is 17.6 Å². The van der Waals surface area contributed by atoms with Crippen molar-refractivity contribution in [1.82, 2.24) is 10.2 Å². The Bertz CT molecular complexity index is 780. The normalized spacial score (nSPS) is 11.2. The van der Waals surface area contributed by atoms with Gasteiger partial charge >= 0.3 is 6.18 Å². The SMILES string of the molecule is CCCC(=O)Nc1nnc(SCC(=O)Nc2cccc(C(F)(F)F)c2)s1. The van der Waals surface area contributed by atoms with E-state index in [2.05, 4.69) is 20.8 Å². The van der Waals surface area contributed by atoms with Crippen LogP contribution in [-0.4, -0.2) is 27.8 Å². The number of rotatable bonds is 7. The van der Waals surface area contributed by atoms with Gasteiger partial charge in [-0.15, -0.1) is 10.2 Å². The zero-order chi connectivity index (χ0) is 19.2. The zero-order valence-corrected chi connectivity index (χ0v) is 15.2. The first-order chi connectivity index (χ1) is 12.3. The highest BCUT2D eigenvalue weighted by Crippen LogP contribution is 2.31. The van der Waals surface area contributed by atoms with Crippen LogP contribution >= 0.6 is 23.1 Å². The van der Waals surface area contributed by atoms with E-state index in [1.54, 1.807) is 0 Å². The average molecular weight is 404 g/mol. The average Bonchev–Trinajstić information content (AvgIpc) is 3.00. The van der Waals surface area contributed by atoms with Crippen molar-refractivity contribution in [3.8, 4) is 0 Å². The van der Waals surface area contributed by atoms with Gasteiger partial charge in [0.2, 0.25) is 16.9 Å². The molecule has 11 heteroatoms. The Morgan fingerprint density at radius 2 is 1.96 bits per heavy atom. The van der Waals surface area contributed by atoms with Crippen molar-refractivity contribution < 1.29 is 22.8 Å². The highest BCUT2D eigenvalue weighted by Gasteiger charge is 2.30. The molecule has 0 unspecified atom stereocenters. The largest absolute Gasteiger partial charge is 0.416 e. The molecule has 6 nitrogen and oxygen atoms in total. The summed E-state index contributed by atoms with van der Waals surface area (Å²) in [5.74, 6) is -0.683. The van der Waals surface area contributed by atoms with E-state index in [9.17, 15) is 22.8 Å². The summed E-state index contributed by atoms with van der Waals surface area (Å²) >= 11 is 2.20. The Labute approximate surface area is 155 Å². The predicted molar refractivity (Wildman–Crippen MR) is 94.2 cm³/mol. The summed E-state index contributed by atoms with van der Waals surface area (Å²) in [6, 6.07) is 4.40. The number of benzene rings is 1. The monoisotopic (exact) mass is 404 g/mol. The van der Waals surface area contributed by atoms with Crippen LogP contribution in [0.5, 0.6) is 0 Å². The Kier molecular flexibility index (Phi) is 6.98. The molecule has 1 aromatic carbocycles. The van der Waals surface area contributed by atoms with Gasteiger partial charge in [0.25, 0.3) is 0 Å². The quantitative estimate of drug-likeness (QED) is 0.538. The number of halogens is 3. The van der Waals surface area contributed by atoms with Crippen LogP contribution in [0.3, 0.4) is 0 Å². The van der Waals surface area contributed by atoms with Crippen molar-refractivity contribution in [3.63, 3.8) is 0 Å². The van der Waals surface area contributed by atoms with Crippen LogP contribution < -0.4 is 10.6 Å². The summed E-state index contributed by atoms with van der Waals surface area (Å²) in [4.78, 5) is 23.4. The lowest BCUT2D eigenvalue weighted by atomic mass is 10.2. The fourth-order valence-corrected chi connectivity index (χ4v) is 3.39. The van der Waals surface area contributed by atoms with E-state index in [-0.39, 0.29) is 17.3 Å². The first kappa shape index (κ1) is 20.2. The van der Waals surface area contributed by atoms with Crippen LogP contribution in [-0.2, 0) is 15.8 Å². The van der Waals surface area contributed by atoms with Crippen LogP contribution in [0.4, 0.5) is 24.0 Å². The lowest BCUT2D eigenvalue weighted by molar-refractivity contribution is -0.137. The zero-order valence-electron chi connectivity index (χ0n) is 13.6. The van der Waals surface area contributed by atoms with Gasteiger partial charge in [0.05, 0.1) is 11.3 Å². The van der Waals surface area contributed by atoms with Gasteiger partial charge in [-0.1, -0.05) is 36.1 Å². The molecule has 0 radical (unpaired) electrons. The molecule has 26 heavy (non-hydrogen) atoms. The van der Waals surface area contributed by atoms with Gasteiger partial charge < -0.3 is 10.6 Å². The molecule has 0 fully saturated rings. The minimum atomic E-state index is -4.47. The summed E-state index contributed by atoms with van der Waals surface area (Å²) in [6.07, 6.45) is -3.38. The second-order valence-electron chi connectivity index (χ2n) is 5.09. The summed E-state index contributed by atoms with van der Waals surface area (Å²) in [5, 5.41) is 13.0. The fourth-order valence-electron chi connectivity index (χ4n) is 1.83. The number of hydrogen-bond acceptors (Lipinski definition) is 6. The topological polar surface area (TPSA) is 84.0 Å². The summed E-state index contributed by atoms with van der Waals surface area (Å²) < 4.78 is 38.4. The van der Waals surface area contributed by atoms with Gasteiger partial charge in [0.15, 0.2) is 4.34 Å². The van der Waals surface area contributed by atoms with Crippen molar-refractivity contribution in [2.24, 2.45) is 0 Å². The lowest BCUT2D eigenvalue weighted by Gasteiger charge is -2.09. The molecule has 1 heterocycles. The number of amides is 2. The van der Waals surface area contributed by atoms with Crippen LogP contribution in [0.2, 0.25) is 0 Å². The number of aromatic nitrogens is 2.